The Labute approximate surface area is 148 Å². The molecule has 2 aromatic rings. The number of anilines is 2. The van der Waals surface area contributed by atoms with Crippen LogP contribution < -0.4 is 9.80 Å². The van der Waals surface area contributed by atoms with Crippen molar-refractivity contribution in [3.63, 3.8) is 0 Å². The first-order chi connectivity index (χ1) is 12.3. The van der Waals surface area contributed by atoms with Gasteiger partial charge in [0.25, 0.3) is 0 Å². The first kappa shape index (κ1) is 16.3. The maximum absolute atomic E-state index is 5.16. The summed E-state index contributed by atoms with van der Waals surface area (Å²) in [6.45, 7) is 8.99. The van der Waals surface area contributed by atoms with Crippen LogP contribution in [0.15, 0.2) is 23.0 Å². The maximum Gasteiger partial charge on any atom is 0.134 e. The molecule has 0 aromatic carbocycles. The standard InChI is InChI=1S/C18H26N6O/c1-15-11-16(21-25-15)13-22-7-9-24(10-8-22)18-12-17(19-14-20-18)23-5-3-2-4-6-23/h11-12,14H,2-10,13H2,1H3. The molecule has 0 amide bonds. The summed E-state index contributed by atoms with van der Waals surface area (Å²) >= 11 is 0. The smallest absolute Gasteiger partial charge is 0.134 e. The van der Waals surface area contributed by atoms with Gasteiger partial charge in [0, 0.05) is 57.9 Å². The fourth-order valence-corrected chi connectivity index (χ4v) is 3.66. The fourth-order valence-electron chi connectivity index (χ4n) is 3.66. The molecule has 4 heterocycles. The van der Waals surface area contributed by atoms with Crippen molar-refractivity contribution in [2.45, 2.75) is 32.7 Å². The van der Waals surface area contributed by atoms with E-state index in [9.17, 15) is 0 Å². The van der Waals surface area contributed by atoms with Crippen molar-refractivity contribution in [2.24, 2.45) is 0 Å². The largest absolute Gasteiger partial charge is 0.361 e. The van der Waals surface area contributed by atoms with E-state index in [2.05, 4.69) is 35.9 Å². The molecule has 2 fully saturated rings. The maximum atomic E-state index is 5.16. The van der Waals surface area contributed by atoms with Gasteiger partial charge in [0.05, 0.1) is 5.69 Å². The summed E-state index contributed by atoms with van der Waals surface area (Å²) in [6, 6.07) is 4.17. The third-order valence-corrected chi connectivity index (χ3v) is 5.08. The molecule has 2 aliphatic heterocycles. The number of nitrogens with zero attached hydrogens (tertiary/aromatic N) is 6. The van der Waals surface area contributed by atoms with Crippen LogP contribution in [0.25, 0.3) is 0 Å². The average Bonchev–Trinajstić information content (AvgIpc) is 3.08. The minimum Gasteiger partial charge on any atom is -0.361 e. The van der Waals surface area contributed by atoms with Gasteiger partial charge in [-0.3, -0.25) is 4.90 Å². The summed E-state index contributed by atoms with van der Waals surface area (Å²) in [5, 5.41) is 4.09. The number of aryl methyl sites for hydroxylation is 1. The van der Waals surface area contributed by atoms with Crippen molar-refractivity contribution in [1.29, 1.82) is 0 Å². The van der Waals surface area contributed by atoms with Gasteiger partial charge in [-0.2, -0.15) is 0 Å². The number of piperidine rings is 1. The number of hydrogen-bond donors (Lipinski definition) is 0. The molecule has 0 spiro atoms. The molecular weight excluding hydrogens is 316 g/mol. The van der Waals surface area contributed by atoms with Crippen LogP contribution in [0.2, 0.25) is 0 Å². The molecule has 0 aliphatic carbocycles. The van der Waals surface area contributed by atoms with Crippen LogP contribution in [0, 0.1) is 6.92 Å². The van der Waals surface area contributed by atoms with E-state index < -0.39 is 0 Å². The van der Waals surface area contributed by atoms with Gasteiger partial charge in [-0.25, -0.2) is 9.97 Å². The van der Waals surface area contributed by atoms with Crippen LogP contribution >= 0.6 is 0 Å². The summed E-state index contributed by atoms with van der Waals surface area (Å²) in [7, 11) is 0. The molecule has 0 saturated carbocycles. The SMILES string of the molecule is Cc1cc(CN2CCN(c3cc(N4CCCCC4)ncn3)CC2)no1. The van der Waals surface area contributed by atoms with E-state index in [0.717, 1.165) is 68.9 Å². The number of aromatic nitrogens is 3. The van der Waals surface area contributed by atoms with Gasteiger partial charge in [-0.1, -0.05) is 5.16 Å². The molecule has 134 valence electrons. The quantitative estimate of drug-likeness (QED) is 0.843. The minimum atomic E-state index is 0.855. The molecule has 7 heteroatoms. The number of hydrogen-bond acceptors (Lipinski definition) is 7. The third-order valence-electron chi connectivity index (χ3n) is 5.08. The average molecular weight is 342 g/mol. The molecule has 0 unspecified atom stereocenters. The molecule has 2 aromatic heterocycles. The molecule has 0 N–H and O–H groups in total. The van der Waals surface area contributed by atoms with Gasteiger partial charge >= 0.3 is 0 Å². The molecule has 25 heavy (non-hydrogen) atoms. The molecule has 2 saturated heterocycles. The van der Waals surface area contributed by atoms with Gasteiger partial charge < -0.3 is 14.3 Å². The van der Waals surface area contributed by atoms with Gasteiger partial charge in [0.1, 0.15) is 23.7 Å². The molecule has 2 aliphatic rings. The highest BCUT2D eigenvalue weighted by Crippen LogP contribution is 2.22. The third kappa shape index (κ3) is 3.92. The molecule has 4 rings (SSSR count). The van der Waals surface area contributed by atoms with E-state index in [-0.39, 0.29) is 0 Å². The van der Waals surface area contributed by atoms with Gasteiger partial charge in [0.15, 0.2) is 0 Å². The van der Waals surface area contributed by atoms with Crippen LogP contribution in [-0.4, -0.2) is 59.3 Å². The molecule has 7 nitrogen and oxygen atoms in total. The van der Waals surface area contributed by atoms with Crippen molar-refractivity contribution < 1.29 is 4.52 Å². The van der Waals surface area contributed by atoms with E-state index in [1.165, 1.54) is 19.3 Å². The molecular formula is C18H26N6O. The van der Waals surface area contributed by atoms with Gasteiger partial charge in [0.2, 0.25) is 0 Å². The molecule has 0 atom stereocenters. The van der Waals surface area contributed by atoms with Crippen molar-refractivity contribution in [2.75, 3.05) is 49.1 Å². The zero-order valence-electron chi connectivity index (χ0n) is 14.9. The van der Waals surface area contributed by atoms with Crippen LogP contribution in [0.3, 0.4) is 0 Å². The first-order valence-electron chi connectivity index (χ1n) is 9.24. The van der Waals surface area contributed by atoms with Crippen LogP contribution in [0.1, 0.15) is 30.7 Å². The van der Waals surface area contributed by atoms with Crippen molar-refractivity contribution in [1.82, 2.24) is 20.0 Å². The van der Waals surface area contributed by atoms with E-state index in [1.54, 1.807) is 6.33 Å². The summed E-state index contributed by atoms with van der Waals surface area (Å²) in [5.74, 6) is 3.00. The highest BCUT2D eigenvalue weighted by atomic mass is 16.5. The van der Waals surface area contributed by atoms with Crippen molar-refractivity contribution >= 4 is 11.6 Å². The first-order valence-corrected chi connectivity index (χ1v) is 9.24. The lowest BCUT2D eigenvalue weighted by Gasteiger charge is -2.35. The van der Waals surface area contributed by atoms with E-state index in [1.807, 2.05) is 13.0 Å². The fraction of sp³-hybridized carbons (Fsp3) is 0.611. The lowest BCUT2D eigenvalue weighted by atomic mass is 10.1. The summed E-state index contributed by atoms with van der Waals surface area (Å²) in [4.78, 5) is 16.2. The Morgan fingerprint density at radius 1 is 0.880 bits per heavy atom. The van der Waals surface area contributed by atoms with E-state index >= 15 is 0 Å². The molecule has 0 bridgehead atoms. The molecule has 0 radical (unpaired) electrons. The number of rotatable bonds is 4. The Morgan fingerprint density at radius 3 is 2.20 bits per heavy atom. The second kappa shape index (κ2) is 7.39. The van der Waals surface area contributed by atoms with E-state index in [4.69, 9.17) is 4.52 Å². The van der Waals surface area contributed by atoms with Crippen molar-refractivity contribution in [3.05, 3.63) is 29.9 Å². The van der Waals surface area contributed by atoms with Crippen LogP contribution in [0.4, 0.5) is 11.6 Å². The second-order valence-electron chi connectivity index (χ2n) is 6.97. The Morgan fingerprint density at radius 2 is 1.56 bits per heavy atom. The van der Waals surface area contributed by atoms with Crippen molar-refractivity contribution in [3.8, 4) is 0 Å². The van der Waals surface area contributed by atoms with Gasteiger partial charge in [-0.05, 0) is 26.2 Å². The predicted octanol–water partition coefficient (Wildman–Crippen LogP) is 2.09. The number of piperazine rings is 1. The van der Waals surface area contributed by atoms with Crippen LogP contribution in [-0.2, 0) is 6.54 Å². The highest BCUT2D eigenvalue weighted by Gasteiger charge is 2.20. The summed E-state index contributed by atoms with van der Waals surface area (Å²) in [5.41, 5.74) is 1.01. The summed E-state index contributed by atoms with van der Waals surface area (Å²) in [6.07, 6.45) is 5.57. The second-order valence-corrected chi connectivity index (χ2v) is 6.97. The lowest BCUT2D eigenvalue weighted by molar-refractivity contribution is 0.241. The predicted molar refractivity (Wildman–Crippen MR) is 96.8 cm³/mol. The zero-order valence-corrected chi connectivity index (χ0v) is 14.9. The lowest BCUT2D eigenvalue weighted by Crippen LogP contribution is -2.46. The minimum absolute atomic E-state index is 0.855. The Hall–Kier alpha value is -2.15. The summed E-state index contributed by atoms with van der Waals surface area (Å²) < 4.78 is 5.16. The van der Waals surface area contributed by atoms with E-state index in [0.29, 0.717) is 0 Å². The normalized spacial score (nSPS) is 19.4. The Bertz CT molecular complexity index is 688. The zero-order chi connectivity index (χ0) is 17.1. The monoisotopic (exact) mass is 342 g/mol. The van der Waals surface area contributed by atoms with Crippen LogP contribution in [0.5, 0.6) is 0 Å². The Kier molecular flexibility index (Phi) is 4.83. The topological polar surface area (TPSA) is 61.5 Å². The Balaban J connectivity index is 1.35. The van der Waals surface area contributed by atoms with Gasteiger partial charge in [-0.15, -0.1) is 0 Å². The highest BCUT2D eigenvalue weighted by molar-refractivity contribution is 5.50.